The van der Waals surface area contributed by atoms with Gasteiger partial charge in [-0.05, 0) is 92.6 Å². The van der Waals surface area contributed by atoms with Crippen molar-refractivity contribution >= 4 is 116 Å². The van der Waals surface area contributed by atoms with Gasteiger partial charge in [0.15, 0.2) is 5.82 Å². The number of rotatable bonds is 15. The zero-order chi connectivity index (χ0) is 62.2. The molecule has 0 aliphatic carbocycles. The van der Waals surface area contributed by atoms with Gasteiger partial charge in [-0.3, -0.25) is 24.0 Å². The molecule has 2 amide bonds. The summed E-state index contributed by atoms with van der Waals surface area (Å²) in [7, 11) is 4.20. The second kappa shape index (κ2) is 29.1. The predicted octanol–water partition coefficient (Wildman–Crippen LogP) is 13.5. The number of nitrogens with zero attached hydrogens (tertiary/aromatic N) is 9. The normalized spacial score (nSPS) is 11.5. The molecule has 0 aliphatic heterocycles. The molecule has 4 N–H and O–H groups in total. The van der Waals surface area contributed by atoms with Crippen LogP contribution in [0.4, 0.5) is 62.3 Å². The summed E-state index contributed by atoms with van der Waals surface area (Å²) < 4.78 is 124. The monoisotopic (exact) mass is 1300 g/mol. The minimum atomic E-state index is -4.79. The van der Waals surface area contributed by atoms with Gasteiger partial charge in [0, 0.05) is 55.5 Å². The van der Waals surface area contributed by atoms with Crippen LogP contribution in [0.15, 0.2) is 83.7 Å². The van der Waals surface area contributed by atoms with E-state index < -0.39 is 69.8 Å². The Morgan fingerprint density at radius 3 is 1.54 bits per heavy atom. The van der Waals surface area contributed by atoms with Crippen LogP contribution in [0.2, 0.25) is 15.5 Å². The zero-order valence-corrected chi connectivity index (χ0v) is 50.1. The van der Waals surface area contributed by atoms with Crippen LogP contribution in [0.5, 0.6) is 0 Å². The highest BCUT2D eigenvalue weighted by atomic mass is 35.5. The van der Waals surface area contributed by atoms with Crippen molar-refractivity contribution in [1.29, 1.82) is 0 Å². The lowest BCUT2D eigenvalue weighted by atomic mass is 10.2. The summed E-state index contributed by atoms with van der Waals surface area (Å²) in [6.45, 7) is 9.54. The molecule has 0 aliphatic rings. The Labute approximate surface area is 502 Å². The van der Waals surface area contributed by atoms with Crippen LogP contribution in [0.25, 0.3) is 22.6 Å². The third-order valence-electron chi connectivity index (χ3n) is 11.7. The summed E-state index contributed by atoms with van der Waals surface area (Å²) in [6.07, 6.45) is -14.2. The highest BCUT2D eigenvalue weighted by Crippen LogP contribution is 2.37. The molecular weight excluding hydrogens is 1250 g/mol. The van der Waals surface area contributed by atoms with E-state index in [1.807, 2.05) is 20.8 Å². The number of carbonyl (C=O) groups excluding carboxylic acids is 2. The summed E-state index contributed by atoms with van der Waals surface area (Å²) in [6, 6.07) is 12.0. The van der Waals surface area contributed by atoms with E-state index >= 15 is 0 Å². The lowest BCUT2D eigenvalue weighted by Crippen LogP contribution is -2.35. The summed E-state index contributed by atoms with van der Waals surface area (Å²) >= 11 is 21.9. The van der Waals surface area contributed by atoms with E-state index in [1.165, 1.54) is 86.9 Å². The van der Waals surface area contributed by atoms with Crippen LogP contribution in [0.3, 0.4) is 0 Å². The largest absolute Gasteiger partial charge is 0.431 e. The quantitative estimate of drug-likeness (QED) is 0.0496. The van der Waals surface area contributed by atoms with Crippen LogP contribution in [-0.2, 0) is 45.2 Å². The summed E-state index contributed by atoms with van der Waals surface area (Å²) in [5, 5.41) is 5.28. The van der Waals surface area contributed by atoms with E-state index in [-0.39, 0.29) is 82.0 Å². The standard InChI is InChI=1S/2C17H18ClF3N4O2S.C17H16ClF3N4OS.CH4/c1-4-25-11(17(19,20)21)8-9(13(22-3)16(25)27)23-15(26)14-10(28-5-2)6-7-12(18)24-14;1-4-25-11(17(19,20)21)8-9(13(22)15(25)26)24(3)16(27)14-10(28-5-2)6-7-12(18)23-14;1-4-25-11(17(19,20)21)8-9-14(16(25)26)24(3)15(22-9)13-10(27-5-2)6-7-12(18)23-13;/h6-8,22H,4-5H2,1-3H3,(H,23,26);6-8H,4-5,22H2,1-3H3;6-8H,4-5H2,1-3H3;1H4. The lowest BCUT2D eigenvalue weighted by Gasteiger charge is -2.23. The molecule has 0 radical (unpaired) electrons. The number of thioether (sulfide) groups is 3. The van der Waals surface area contributed by atoms with E-state index in [2.05, 4.69) is 30.6 Å². The Morgan fingerprint density at radius 2 is 1.05 bits per heavy atom. The summed E-state index contributed by atoms with van der Waals surface area (Å²) in [5.41, 5.74) is -1.06. The number of imidazole rings is 1. The number of carbonyl (C=O) groups is 2. The first kappa shape index (κ1) is 70.1. The molecule has 0 fully saturated rings. The van der Waals surface area contributed by atoms with E-state index in [9.17, 15) is 63.5 Å². The van der Waals surface area contributed by atoms with Crippen molar-refractivity contribution < 1.29 is 49.1 Å². The highest BCUT2D eigenvalue weighted by molar-refractivity contribution is 7.99. The minimum Gasteiger partial charge on any atom is -0.393 e. The number of halogens is 12. The Bertz CT molecular complexity index is 3740. The van der Waals surface area contributed by atoms with E-state index in [1.54, 1.807) is 31.3 Å². The fraction of sp³-hybridized carbons (Fsp3) is 0.365. The number of aromatic nitrogens is 8. The first-order valence-electron chi connectivity index (χ1n) is 24.6. The molecule has 0 saturated heterocycles. The number of hydrogen-bond acceptors (Lipinski definition) is 14. The number of anilines is 4. The Balaban J connectivity index is 0.000000269. The van der Waals surface area contributed by atoms with E-state index in [0.29, 0.717) is 52.6 Å². The summed E-state index contributed by atoms with van der Waals surface area (Å²) in [4.78, 5) is 82.4. The number of alkyl halides is 9. The van der Waals surface area contributed by atoms with Crippen LogP contribution in [0, 0.1) is 0 Å². The number of aryl methyl sites for hydroxylation is 1. The SMILES string of the molecule is C.CCSc1ccc(Cl)nc1-c1nc2cc(C(F)(F)F)n(CC)c(=O)c2n1C.CCSc1ccc(Cl)nc1C(=O)N(C)c1cc(C(F)(F)F)n(CC)c(=O)c1N.CCSc1ccc(Cl)nc1C(=O)Nc1cc(C(F)(F)F)n(CC)c(=O)c1NC. The van der Waals surface area contributed by atoms with Crippen molar-refractivity contribution in [2.24, 2.45) is 7.05 Å². The topological polar surface area (TPSA) is 210 Å². The second-order valence-electron chi connectivity index (χ2n) is 16.9. The Kier molecular flexibility index (Phi) is 24.3. The smallest absolute Gasteiger partial charge is 0.393 e. The molecule has 7 aromatic heterocycles. The third-order valence-corrected chi connectivity index (χ3v) is 15.2. The molecule has 84 heavy (non-hydrogen) atoms. The van der Waals surface area contributed by atoms with Crippen molar-refractivity contribution in [3.8, 4) is 11.5 Å². The molecular formula is C52H56Cl3F9N12O5S3. The molecule has 0 atom stereocenters. The maximum Gasteiger partial charge on any atom is 0.431 e. The van der Waals surface area contributed by atoms with Crippen LogP contribution in [-0.4, -0.2) is 81.4 Å². The van der Waals surface area contributed by atoms with Gasteiger partial charge >= 0.3 is 18.5 Å². The van der Waals surface area contributed by atoms with Gasteiger partial charge in [-0.15, -0.1) is 35.3 Å². The lowest BCUT2D eigenvalue weighted by molar-refractivity contribution is -0.144. The number of fused-ring (bicyclic) bond motifs is 1. The highest BCUT2D eigenvalue weighted by Gasteiger charge is 2.39. The zero-order valence-electron chi connectivity index (χ0n) is 45.3. The van der Waals surface area contributed by atoms with Gasteiger partial charge in [0.1, 0.15) is 66.5 Å². The average Bonchev–Trinajstić information content (AvgIpc) is 1.69. The van der Waals surface area contributed by atoms with Crippen LogP contribution in [0.1, 0.15) is 87.0 Å². The van der Waals surface area contributed by atoms with Gasteiger partial charge in [0.05, 0.1) is 16.9 Å². The molecule has 7 heterocycles. The van der Waals surface area contributed by atoms with Gasteiger partial charge in [0.2, 0.25) is 0 Å². The fourth-order valence-electron chi connectivity index (χ4n) is 8.10. The molecule has 456 valence electrons. The number of amides is 2. The fourth-order valence-corrected chi connectivity index (χ4v) is 10.8. The molecule has 32 heteroatoms. The molecule has 7 rings (SSSR count). The number of hydrogen-bond donors (Lipinski definition) is 3. The molecule has 0 unspecified atom stereocenters. The molecule has 0 spiro atoms. The van der Waals surface area contributed by atoms with Gasteiger partial charge < -0.3 is 39.5 Å². The van der Waals surface area contributed by atoms with E-state index in [4.69, 9.17) is 40.5 Å². The number of nitrogens with two attached hydrogens (primary N) is 1. The Hall–Kier alpha value is -6.40. The number of nitrogen functional groups attached to an aromatic ring is 1. The molecule has 0 bridgehead atoms. The van der Waals surface area contributed by atoms with Crippen molar-refractivity contribution in [1.82, 2.24) is 38.2 Å². The first-order chi connectivity index (χ1) is 38.8. The molecule has 0 saturated carbocycles. The van der Waals surface area contributed by atoms with E-state index in [0.717, 1.165) is 27.7 Å². The van der Waals surface area contributed by atoms with Gasteiger partial charge in [-0.25, -0.2) is 19.9 Å². The van der Waals surface area contributed by atoms with Crippen molar-refractivity contribution in [2.75, 3.05) is 52.6 Å². The number of pyridine rings is 6. The van der Waals surface area contributed by atoms with Gasteiger partial charge in [-0.1, -0.05) is 63.0 Å². The average molecular weight is 1300 g/mol. The van der Waals surface area contributed by atoms with Gasteiger partial charge in [0.25, 0.3) is 28.5 Å². The molecule has 0 aromatic carbocycles. The maximum atomic E-state index is 13.4. The number of nitrogens with one attached hydrogen (secondary N) is 2. The van der Waals surface area contributed by atoms with Crippen molar-refractivity contribution in [3.63, 3.8) is 0 Å². The van der Waals surface area contributed by atoms with Gasteiger partial charge in [-0.2, -0.15) is 39.5 Å². The van der Waals surface area contributed by atoms with Crippen LogP contribution < -0.4 is 37.9 Å². The molecule has 17 nitrogen and oxygen atoms in total. The van der Waals surface area contributed by atoms with Crippen molar-refractivity contribution in [3.05, 3.63) is 130 Å². The first-order valence-corrected chi connectivity index (χ1v) is 28.7. The minimum absolute atomic E-state index is 0. The van der Waals surface area contributed by atoms with Crippen LogP contribution >= 0.6 is 70.1 Å². The summed E-state index contributed by atoms with van der Waals surface area (Å²) in [5.74, 6) is 0.850. The predicted molar refractivity (Wildman–Crippen MR) is 316 cm³/mol. The third kappa shape index (κ3) is 15.7. The Morgan fingerprint density at radius 1 is 0.619 bits per heavy atom. The molecule has 7 aromatic rings. The second-order valence-corrected chi connectivity index (χ2v) is 21.9. The maximum absolute atomic E-state index is 13.4. The van der Waals surface area contributed by atoms with Crippen molar-refractivity contribution in [2.45, 2.75) is 102 Å².